The molecule has 0 aliphatic heterocycles. The molecule has 0 bridgehead atoms. The first-order chi connectivity index (χ1) is 17.6. The number of nitrogens with one attached hydrogen (secondary N) is 2. The Morgan fingerprint density at radius 2 is 1.97 bits per heavy atom. The molecule has 3 aromatic heterocycles. The van der Waals surface area contributed by atoms with E-state index in [1.165, 1.54) is 19.3 Å². The number of nitrogens with zero attached hydrogens (tertiary/aromatic N) is 7. The number of carbonyl (C=O) groups excluding carboxylic acids is 1. The summed E-state index contributed by atoms with van der Waals surface area (Å²) in [6, 6.07) is 4.75. The number of hydrogen-bond donors (Lipinski definition) is 2. The lowest BCUT2D eigenvalue weighted by molar-refractivity contribution is -0.166. The minimum atomic E-state index is -4.54. The molecule has 15 heteroatoms. The van der Waals surface area contributed by atoms with Crippen LogP contribution in [0.2, 0.25) is 0 Å². The van der Waals surface area contributed by atoms with Gasteiger partial charge >= 0.3 is 6.18 Å². The standard InChI is InChI=1S/C22H19F4N9O2/c1-11-12(9-27-18(36)17-31-19(37-34-17)21(6-7-21)22(24,25)26)3-4-13(15(11)23)16-28-10-29-20(32-16)30-14-5-8-35(2)33-14/h3-5,8,10H,6-7,9H2,1-2H3,(H,27,36)(H,28,29,30,32,33). The molecule has 1 aliphatic carbocycles. The molecule has 0 radical (unpaired) electrons. The van der Waals surface area contributed by atoms with E-state index in [4.69, 9.17) is 4.52 Å². The van der Waals surface area contributed by atoms with Gasteiger partial charge in [0, 0.05) is 25.9 Å². The normalized spacial score (nSPS) is 14.4. The zero-order chi connectivity index (χ0) is 26.4. The Bertz CT molecular complexity index is 1480. The van der Waals surface area contributed by atoms with Crippen LogP contribution in [-0.4, -0.2) is 47.0 Å². The molecule has 1 aromatic carbocycles. The van der Waals surface area contributed by atoms with Crippen molar-refractivity contribution in [2.75, 3.05) is 5.32 Å². The van der Waals surface area contributed by atoms with Crippen LogP contribution in [0.1, 0.15) is 40.5 Å². The number of rotatable bonds is 7. The maximum absolute atomic E-state index is 15.2. The van der Waals surface area contributed by atoms with Gasteiger partial charge in [0.15, 0.2) is 11.6 Å². The van der Waals surface area contributed by atoms with Crippen LogP contribution in [0.4, 0.5) is 29.3 Å². The first-order valence-corrected chi connectivity index (χ1v) is 11.0. The minimum Gasteiger partial charge on any atom is -0.345 e. The molecule has 11 nitrogen and oxygen atoms in total. The smallest absolute Gasteiger partial charge is 0.345 e. The second-order valence-corrected chi connectivity index (χ2v) is 8.53. The van der Waals surface area contributed by atoms with Crippen LogP contribution < -0.4 is 10.6 Å². The Morgan fingerprint density at radius 1 is 1.19 bits per heavy atom. The van der Waals surface area contributed by atoms with Gasteiger partial charge in [0.25, 0.3) is 11.7 Å². The number of carbonyl (C=O) groups is 1. The van der Waals surface area contributed by atoms with Gasteiger partial charge in [0.2, 0.25) is 11.8 Å². The second-order valence-electron chi connectivity index (χ2n) is 8.53. The van der Waals surface area contributed by atoms with Crippen molar-refractivity contribution in [3.05, 3.63) is 59.4 Å². The Morgan fingerprint density at radius 3 is 2.65 bits per heavy atom. The number of benzene rings is 1. The molecule has 1 aliphatic rings. The highest BCUT2D eigenvalue weighted by atomic mass is 19.4. The van der Waals surface area contributed by atoms with Crippen LogP contribution in [0, 0.1) is 12.7 Å². The summed E-state index contributed by atoms with van der Waals surface area (Å²) in [5.74, 6) is -1.85. The molecule has 1 amide bonds. The number of amides is 1. The molecule has 0 spiro atoms. The summed E-state index contributed by atoms with van der Waals surface area (Å²) in [5.41, 5.74) is -1.42. The highest BCUT2D eigenvalue weighted by molar-refractivity contribution is 5.90. The summed E-state index contributed by atoms with van der Waals surface area (Å²) in [6.45, 7) is 1.39. The lowest BCUT2D eigenvalue weighted by atomic mass is 10.0. The Labute approximate surface area is 206 Å². The van der Waals surface area contributed by atoms with Crippen molar-refractivity contribution in [1.29, 1.82) is 0 Å². The molecule has 0 saturated heterocycles. The minimum absolute atomic E-state index is 0.0858. The van der Waals surface area contributed by atoms with Gasteiger partial charge in [-0.1, -0.05) is 11.2 Å². The molecule has 1 saturated carbocycles. The van der Waals surface area contributed by atoms with Crippen LogP contribution >= 0.6 is 0 Å². The zero-order valence-corrected chi connectivity index (χ0v) is 19.5. The van der Waals surface area contributed by atoms with Crippen molar-refractivity contribution in [2.45, 2.75) is 37.9 Å². The Kier molecular flexibility index (Phi) is 5.84. The van der Waals surface area contributed by atoms with E-state index in [0.717, 1.165) is 0 Å². The molecular weight excluding hydrogens is 498 g/mol. The van der Waals surface area contributed by atoms with E-state index >= 15 is 4.39 Å². The van der Waals surface area contributed by atoms with Gasteiger partial charge in [0.05, 0.1) is 5.56 Å². The lowest BCUT2D eigenvalue weighted by Crippen LogP contribution is -2.29. The number of aromatic nitrogens is 7. The summed E-state index contributed by atoms with van der Waals surface area (Å²) < 4.78 is 61.2. The maximum atomic E-state index is 15.2. The monoisotopic (exact) mass is 517 g/mol. The average Bonchev–Trinajstić information content (AvgIpc) is 3.36. The summed E-state index contributed by atoms with van der Waals surface area (Å²) in [5, 5.41) is 12.9. The van der Waals surface area contributed by atoms with Crippen molar-refractivity contribution >= 4 is 17.7 Å². The van der Waals surface area contributed by atoms with Crippen molar-refractivity contribution in [2.24, 2.45) is 7.05 Å². The SMILES string of the molecule is Cc1c(CNC(=O)c2noc(C3(C(F)(F)F)CC3)n2)ccc(-c2ncnc(Nc3ccn(C)n3)n2)c1F. The van der Waals surface area contributed by atoms with Crippen molar-refractivity contribution in [3.63, 3.8) is 0 Å². The van der Waals surface area contributed by atoms with E-state index in [2.05, 4.69) is 40.8 Å². The quantitative estimate of drug-likeness (QED) is 0.354. The highest BCUT2D eigenvalue weighted by Crippen LogP contribution is 2.58. The first-order valence-electron chi connectivity index (χ1n) is 11.0. The predicted octanol–water partition coefficient (Wildman–Crippen LogP) is 3.37. The number of halogens is 4. The summed E-state index contributed by atoms with van der Waals surface area (Å²) in [6.07, 6.45) is -1.93. The van der Waals surface area contributed by atoms with Crippen LogP contribution in [0.15, 0.2) is 35.2 Å². The summed E-state index contributed by atoms with van der Waals surface area (Å²) in [4.78, 5) is 28.3. The van der Waals surface area contributed by atoms with E-state index in [1.54, 1.807) is 30.1 Å². The molecule has 0 unspecified atom stereocenters. The van der Waals surface area contributed by atoms with E-state index in [-0.39, 0.29) is 42.3 Å². The van der Waals surface area contributed by atoms with Gasteiger partial charge in [-0.15, -0.1) is 0 Å². The Balaban J connectivity index is 1.28. The topological polar surface area (TPSA) is 137 Å². The third-order valence-corrected chi connectivity index (χ3v) is 6.04. The van der Waals surface area contributed by atoms with Crippen molar-refractivity contribution in [3.8, 4) is 11.4 Å². The first kappa shape index (κ1) is 24.3. The number of anilines is 2. The molecule has 37 heavy (non-hydrogen) atoms. The maximum Gasteiger partial charge on any atom is 0.403 e. The molecule has 1 fully saturated rings. The van der Waals surface area contributed by atoms with Gasteiger partial charge < -0.3 is 15.2 Å². The van der Waals surface area contributed by atoms with Crippen LogP contribution in [0.25, 0.3) is 11.4 Å². The van der Waals surface area contributed by atoms with Gasteiger partial charge in [0.1, 0.15) is 17.6 Å². The van der Waals surface area contributed by atoms with E-state index in [9.17, 15) is 18.0 Å². The van der Waals surface area contributed by atoms with E-state index < -0.39 is 35.0 Å². The predicted molar refractivity (Wildman–Crippen MR) is 119 cm³/mol. The molecule has 5 rings (SSSR count). The van der Waals surface area contributed by atoms with E-state index in [0.29, 0.717) is 11.4 Å². The van der Waals surface area contributed by atoms with Crippen LogP contribution in [-0.2, 0) is 19.0 Å². The highest BCUT2D eigenvalue weighted by Gasteiger charge is 2.68. The molecule has 3 heterocycles. The molecule has 4 aromatic rings. The average molecular weight is 517 g/mol. The number of alkyl halides is 3. The Hall–Kier alpha value is -4.43. The fourth-order valence-electron chi connectivity index (χ4n) is 3.68. The van der Waals surface area contributed by atoms with Gasteiger partial charge in [-0.25, -0.2) is 14.4 Å². The van der Waals surface area contributed by atoms with Crippen molar-refractivity contribution in [1.82, 2.24) is 40.2 Å². The fourth-order valence-corrected chi connectivity index (χ4v) is 3.68. The molecule has 0 atom stereocenters. The van der Waals surface area contributed by atoms with Crippen LogP contribution in [0.3, 0.4) is 0 Å². The zero-order valence-electron chi connectivity index (χ0n) is 19.5. The molecule has 2 N–H and O–H groups in total. The van der Waals surface area contributed by atoms with Crippen molar-refractivity contribution < 1.29 is 26.9 Å². The van der Waals surface area contributed by atoms with Crippen LogP contribution in [0.5, 0.6) is 0 Å². The number of hydrogen-bond acceptors (Lipinski definition) is 9. The molecular formula is C22H19F4N9O2. The number of aryl methyl sites for hydroxylation is 1. The van der Waals surface area contributed by atoms with Gasteiger partial charge in [-0.3, -0.25) is 9.48 Å². The summed E-state index contributed by atoms with van der Waals surface area (Å²) >= 11 is 0. The third-order valence-electron chi connectivity index (χ3n) is 6.04. The van der Waals surface area contributed by atoms with Gasteiger partial charge in [-0.2, -0.15) is 28.2 Å². The fraction of sp³-hybridized carbons (Fsp3) is 0.318. The second kappa shape index (κ2) is 8.90. The van der Waals surface area contributed by atoms with Gasteiger partial charge in [-0.05, 0) is 37.0 Å². The molecule has 192 valence electrons. The lowest BCUT2D eigenvalue weighted by Gasteiger charge is -2.13. The van der Waals surface area contributed by atoms with E-state index in [1.807, 2.05) is 0 Å². The summed E-state index contributed by atoms with van der Waals surface area (Å²) in [7, 11) is 1.75. The largest absolute Gasteiger partial charge is 0.403 e. The third kappa shape index (κ3) is 4.59.